The van der Waals surface area contributed by atoms with Gasteiger partial charge in [-0.05, 0) is 31.6 Å². The third-order valence-corrected chi connectivity index (χ3v) is 7.06. The van der Waals surface area contributed by atoms with Crippen LogP contribution in [-0.2, 0) is 19.7 Å². The van der Waals surface area contributed by atoms with Gasteiger partial charge in [-0.3, -0.25) is 0 Å². The zero-order valence-corrected chi connectivity index (χ0v) is 12.5. The van der Waals surface area contributed by atoms with Gasteiger partial charge in [-0.15, -0.1) is 0 Å². The highest BCUT2D eigenvalue weighted by Crippen LogP contribution is 2.23. The van der Waals surface area contributed by atoms with Crippen LogP contribution in [0.15, 0.2) is 0 Å². The van der Waals surface area contributed by atoms with E-state index < -0.39 is 19.7 Å². The summed E-state index contributed by atoms with van der Waals surface area (Å²) < 4.78 is 45.2. The number of sulfone groups is 2. The second kappa shape index (κ2) is 6.34. The molecule has 2 atom stereocenters. The van der Waals surface area contributed by atoms with E-state index in [9.17, 15) is 16.8 Å². The molecule has 18 heavy (non-hydrogen) atoms. The van der Waals surface area contributed by atoms with E-state index in [1.54, 1.807) is 6.92 Å². The van der Waals surface area contributed by atoms with Crippen molar-refractivity contribution in [3.05, 3.63) is 0 Å². The van der Waals surface area contributed by atoms with Crippen LogP contribution in [0.25, 0.3) is 0 Å². The van der Waals surface area contributed by atoms with Gasteiger partial charge in [-0.25, -0.2) is 16.8 Å². The standard InChI is InChI=1S/C11H23NO4S2/c1-2-17(13,14)6-3-4-11(12)8-10-5-7-18(15,16)9-10/h10-11H,2-9,12H2,1H3. The molecule has 5 nitrogen and oxygen atoms in total. The Morgan fingerprint density at radius 3 is 2.56 bits per heavy atom. The third kappa shape index (κ3) is 5.67. The second-order valence-corrected chi connectivity index (χ2v) is 9.84. The minimum absolute atomic E-state index is 0.0876. The van der Waals surface area contributed by atoms with Gasteiger partial charge in [0.2, 0.25) is 0 Å². The van der Waals surface area contributed by atoms with Crippen molar-refractivity contribution in [2.24, 2.45) is 11.7 Å². The molecule has 1 fully saturated rings. The molecule has 0 saturated carbocycles. The fraction of sp³-hybridized carbons (Fsp3) is 1.00. The van der Waals surface area contributed by atoms with Gasteiger partial charge in [0.15, 0.2) is 9.84 Å². The van der Waals surface area contributed by atoms with E-state index in [0.29, 0.717) is 25.7 Å². The average Bonchev–Trinajstić information content (AvgIpc) is 2.57. The molecule has 108 valence electrons. The topological polar surface area (TPSA) is 94.3 Å². The molecule has 0 aromatic rings. The van der Waals surface area contributed by atoms with Gasteiger partial charge >= 0.3 is 0 Å². The van der Waals surface area contributed by atoms with Crippen molar-refractivity contribution in [2.75, 3.05) is 23.0 Å². The summed E-state index contributed by atoms with van der Waals surface area (Å²) in [6.45, 7) is 1.64. The molecule has 0 amide bonds. The van der Waals surface area contributed by atoms with Crippen molar-refractivity contribution in [3.63, 3.8) is 0 Å². The van der Waals surface area contributed by atoms with E-state index in [0.717, 1.165) is 0 Å². The molecule has 0 aromatic heterocycles. The van der Waals surface area contributed by atoms with Crippen LogP contribution in [0.5, 0.6) is 0 Å². The molecule has 0 spiro atoms. The van der Waals surface area contributed by atoms with E-state index >= 15 is 0 Å². The molecular formula is C11H23NO4S2. The summed E-state index contributed by atoms with van der Waals surface area (Å²) >= 11 is 0. The number of rotatable bonds is 7. The molecule has 1 aliphatic rings. The third-order valence-electron chi connectivity index (χ3n) is 3.43. The maximum Gasteiger partial charge on any atom is 0.150 e. The summed E-state index contributed by atoms with van der Waals surface area (Å²) in [6, 6.07) is -0.0876. The molecular weight excluding hydrogens is 274 g/mol. The molecule has 0 aromatic carbocycles. The normalized spacial score (nSPS) is 25.1. The Morgan fingerprint density at radius 1 is 1.39 bits per heavy atom. The largest absolute Gasteiger partial charge is 0.328 e. The summed E-state index contributed by atoms with van der Waals surface area (Å²) in [5.41, 5.74) is 5.92. The fourth-order valence-electron chi connectivity index (χ4n) is 2.31. The smallest absolute Gasteiger partial charge is 0.150 e. The minimum Gasteiger partial charge on any atom is -0.328 e. The van der Waals surface area contributed by atoms with Gasteiger partial charge in [-0.1, -0.05) is 6.92 Å². The lowest BCUT2D eigenvalue weighted by molar-refractivity contribution is 0.449. The molecule has 2 N–H and O–H groups in total. The molecule has 1 rings (SSSR count). The monoisotopic (exact) mass is 297 g/mol. The summed E-state index contributed by atoms with van der Waals surface area (Å²) in [4.78, 5) is 0. The van der Waals surface area contributed by atoms with Gasteiger partial charge in [0, 0.05) is 11.8 Å². The minimum atomic E-state index is -2.91. The van der Waals surface area contributed by atoms with E-state index in [2.05, 4.69) is 0 Å². The molecule has 1 heterocycles. The van der Waals surface area contributed by atoms with Crippen molar-refractivity contribution in [2.45, 2.75) is 38.6 Å². The van der Waals surface area contributed by atoms with Crippen LogP contribution in [0.1, 0.15) is 32.6 Å². The van der Waals surface area contributed by atoms with Crippen LogP contribution < -0.4 is 5.73 Å². The van der Waals surface area contributed by atoms with Crippen molar-refractivity contribution >= 4 is 19.7 Å². The Balaban J connectivity index is 2.25. The van der Waals surface area contributed by atoms with E-state index in [1.165, 1.54) is 0 Å². The Labute approximate surface area is 110 Å². The van der Waals surface area contributed by atoms with E-state index in [1.807, 2.05) is 0 Å². The van der Waals surface area contributed by atoms with Crippen molar-refractivity contribution in [1.82, 2.24) is 0 Å². The van der Waals surface area contributed by atoms with Crippen LogP contribution in [-0.4, -0.2) is 45.9 Å². The lowest BCUT2D eigenvalue weighted by Gasteiger charge is -2.15. The molecule has 1 aliphatic heterocycles. The average molecular weight is 297 g/mol. The first kappa shape index (κ1) is 15.9. The first-order chi connectivity index (χ1) is 8.24. The Kier molecular flexibility index (Phi) is 5.61. The van der Waals surface area contributed by atoms with E-state index in [-0.39, 0.29) is 35.0 Å². The maximum atomic E-state index is 11.3. The maximum absolute atomic E-state index is 11.3. The van der Waals surface area contributed by atoms with E-state index in [4.69, 9.17) is 5.73 Å². The van der Waals surface area contributed by atoms with Crippen LogP contribution in [0.4, 0.5) is 0 Å². The zero-order chi connectivity index (χ0) is 13.8. The van der Waals surface area contributed by atoms with Crippen molar-refractivity contribution in [3.8, 4) is 0 Å². The van der Waals surface area contributed by atoms with Crippen LogP contribution >= 0.6 is 0 Å². The quantitative estimate of drug-likeness (QED) is 0.732. The lowest BCUT2D eigenvalue weighted by Crippen LogP contribution is -2.25. The van der Waals surface area contributed by atoms with Gasteiger partial charge < -0.3 is 5.73 Å². The van der Waals surface area contributed by atoms with Gasteiger partial charge in [-0.2, -0.15) is 0 Å². The second-order valence-electron chi connectivity index (χ2n) is 5.14. The molecule has 1 saturated heterocycles. The summed E-state index contributed by atoms with van der Waals surface area (Å²) in [6.07, 6.45) is 2.60. The van der Waals surface area contributed by atoms with Gasteiger partial charge in [0.25, 0.3) is 0 Å². The summed E-state index contributed by atoms with van der Waals surface area (Å²) in [5.74, 6) is 1.03. The number of nitrogens with two attached hydrogens (primary N) is 1. The molecule has 2 unspecified atom stereocenters. The van der Waals surface area contributed by atoms with Crippen molar-refractivity contribution < 1.29 is 16.8 Å². The fourth-order valence-corrected chi connectivity index (χ4v) is 5.09. The first-order valence-electron chi connectivity index (χ1n) is 6.40. The van der Waals surface area contributed by atoms with Crippen LogP contribution in [0.2, 0.25) is 0 Å². The molecule has 0 radical (unpaired) electrons. The summed E-state index contributed by atoms with van der Waals surface area (Å²) in [7, 11) is -5.75. The first-order valence-corrected chi connectivity index (χ1v) is 10.0. The van der Waals surface area contributed by atoms with Gasteiger partial charge in [0.1, 0.15) is 9.84 Å². The summed E-state index contributed by atoms with van der Waals surface area (Å²) in [5, 5.41) is 0. The predicted octanol–water partition coefficient (Wildman–Crippen LogP) is 0.353. The Hall–Kier alpha value is -0.140. The Morgan fingerprint density at radius 2 is 2.06 bits per heavy atom. The number of hydrogen-bond donors (Lipinski definition) is 1. The SMILES string of the molecule is CCS(=O)(=O)CCCC(N)CC1CCS(=O)(=O)C1. The predicted molar refractivity (Wildman–Crippen MR) is 72.9 cm³/mol. The lowest BCUT2D eigenvalue weighted by atomic mass is 9.97. The van der Waals surface area contributed by atoms with Crippen molar-refractivity contribution in [1.29, 1.82) is 0 Å². The highest BCUT2D eigenvalue weighted by molar-refractivity contribution is 7.91. The molecule has 0 aliphatic carbocycles. The zero-order valence-electron chi connectivity index (χ0n) is 10.8. The number of hydrogen-bond acceptors (Lipinski definition) is 5. The van der Waals surface area contributed by atoms with Crippen LogP contribution in [0.3, 0.4) is 0 Å². The highest BCUT2D eigenvalue weighted by atomic mass is 32.2. The van der Waals surface area contributed by atoms with Gasteiger partial charge in [0.05, 0.1) is 17.3 Å². The van der Waals surface area contributed by atoms with Crippen LogP contribution in [0, 0.1) is 5.92 Å². The Bertz CT molecular complexity index is 455. The molecule has 7 heteroatoms. The highest BCUT2D eigenvalue weighted by Gasteiger charge is 2.28. The molecule has 0 bridgehead atoms.